The Morgan fingerprint density at radius 1 is 1.37 bits per heavy atom. The maximum atomic E-state index is 4.76. The van der Waals surface area contributed by atoms with Crippen molar-refractivity contribution in [3.63, 3.8) is 0 Å². The SMILES string of the molecule is CNCCCN(C)Cc1ccn(C2CCCCC2)n1. The van der Waals surface area contributed by atoms with Gasteiger partial charge in [-0.3, -0.25) is 4.68 Å². The maximum absolute atomic E-state index is 4.76. The summed E-state index contributed by atoms with van der Waals surface area (Å²) in [5, 5.41) is 7.95. The summed E-state index contributed by atoms with van der Waals surface area (Å²) in [5.41, 5.74) is 1.21. The topological polar surface area (TPSA) is 33.1 Å². The first-order valence-corrected chi connectivity index (χ1v) is 7.67. The highest BCUT2D eigenvalue weighted by molar-refractivity contribution is 4.99. The normalized spacial score (nSPS) is 17.2. The molecule has 0 aromatic carbocycles. The summed E-state index contributed by atoms with van der Waals surface area (Å²) in [4.78, 5) is 2.35. The summed E-state index contributed by atoms with van der Waals surface area (Å²) in [7, 11) is 4.18. The number of aromatic nitrogens is 2. The highest BCUT2D eigenvalue weighted by Crippen LogP contribution is 2.27. The monoisotopic (exact) mass is 264 g/mol. The second kappa shape index (κ2) is 7.65. The van der Waals surface area contributed by atoms with Gasteiger partial charge < -0.3 is 10.2 Å². The van der Waals surface area contributed by atoms with Crippen molar-refractivity contribution in [3.05, 3.63) is 18.0 Å². The largest absolute Gasteiger partial charge is 0.320 e. The molecule has 0 bridgehead atoms. The van der Waals surface area contributed by atoms with Crippen LogP contribution in [0.2, 0.25) is 0 Å². The Morgan fingerprint density at radius 3 is 2.89 bits per heavy atom. The second-order valence-corrected chi connectivity index (χ2v) is 5.77. The Bertz CT molecular complexity index is 355. The lowest BCUT2D eigenvalue weighted by atomic mass is 9.96. The minimum absolute atomic E-state index is 0.650. The van der Waals surface area contributed by atoms with Gasteiger partial charge in [-0.2, -0.15) is 5.10 Å². The van der Waals surface area contributed by atoms with Crippen LogP contribution in [-0.4, -0.2) is 41.9 Å². The molecule has 108 valence electrons. The Balaban J connectivity index is 1.79. The number of hydrogen-bond donors (Lipinski definition) is 1. The molecule has 0 atom stereocenters. The van der Waals surface area contributed by atoms with Crippen molar-refractivity contribution in [1.82, 2.24) is 20.0 Å². The van der Waals surface area contributed by atoms with E-state index in [1.165, 1.54) is 44.2 Å². The van der Waals surface area contributed by atoms with Crippen molar-refractivity contribution in [2.45, 2.75) is 51.1 Å². The first-order chi connectivity index (χ1) is 9.29. The minimum Gasteiger partial charge on any atom is -0.320 e. The van der Waals surface area contributed by atoms with Gasteiger partial charge in [-0.25, -0.2) is 0 Å². The summed E-state index contributed by atoms with van der Waals surface area (Å²) in [6.07, 6.45) is 10.1. The Labute approximate surface area is 117 Å². The van der Waals surface area contributed by atoms with Crippen LogP contribution in [0.15, 0.2) is 12.3 Å². The number of rotatable bonds is 7. The zero-order valence-electron chi connectivity index (χ0n) is 12.4. The van der Waals surface area contributed by atoms with E-state index in [9.17, 15) is 0 Å². The van der Waals surface area contributed by atoms with Crippen molar-refractivity contribution in [2.24, 2.45) is 0 Å². The molecule has 19 heavy (non-hydrogen) atoms. The van der Waals surface area contributed by atoms with Crippen molar-refractivity contribution in [3.8, 4) is 0 Å². The Hall–Kier alpha value is -0.870. The summed E-state index contributed by atoms with van der Waals surface area (Å²) in [5.74, 6) is 0. The fourth-order valence-electron chi connectivity index (χ4n) is 2.89. The third kappa shape index (κ3) is 4.62. The summed E-state index contributed by atoms with van der Waals surface area (Å²) < 4.78 is 2.20. The first-order valence-electron chi connectivity index (χ1n) is 7.67. The van der Waals surface area contributed by atoms with Gasteiger partial charge in [0.2, 0.25) is 0 Å². The average Bonchev–Trinajstić information content (AvgIpc) is 2.88. The van der Waals surface area contributed by atoms with E-state index in [0.29, 0.717) is 6.04 Å². The van der Waals surface area contributed by atoms with E-state index < -0.39 is 0 Å². The van der Waals surface area contributed by atoms with Crippen LogP contribution in [0.4, 0.5) is 0 Å². The highest BCUT2D eigenvalue weighted by atomic mass is 15.3. The third-order valence-corrected chi connectivity index (χ3v) is 4.01. The van der Waals surface area contributed by atoms with Crippen LogP contribution in [0, 0.1) is 0 Å². The standard InChI is InChI=1S/C15H28N4/c1-16-10-6-11-18(2)13-14-9-12-19(17-14)15-7-4-3-5-8-15/h9,12,15-16H,3-8,10-11,13H2,1-2H3. The fraction of sp³-hybridized carbons (Fsp3) is 0.800. The van der Waals surface area contributed by atoms with Crippen LogP contribution in [0.1, 0.15) is 50.3 Å². The van der Waals surface area contributed by atoms with Gasteiger partial charge in [0.1, 0.15) is 0 Å². The smallest absolute Gasteiger partial charge is 0.0764 e. The molecule has 0 radical (unpaired) electrons. The molecule has 1 aromatic rings. The van der Waals surface area contributed by atoms with Crippen LogP contribution in [-0.2, 0) is 6.54 Å². The fourth-order valence-corrected chi connectivity index (χ4v) is 2.89. The number of hydrogen-bond acceptors (Lipinski definition) is 3. The summed E-state index contributed by atoms with van der Waals surface area (Å²) >= 11 is 0. The molecule has 1 N–H and O–H groups in total. The molecule has 1 aromatic heterocycles. The lowest BCUT2D eigenvalue weighted by Gasteiger charge is -2.22. The van der Waals surface area contributed by atoms with Crippen molar-refractivity contribution < 1.29 is 0 Å². The predicted molar refractivity (Wildman–Crippen MR) is 79.2 cm³/mol. The second-order valence-electron chi connectivity index (χ2n) is 5.77. The molecule has 1 saturated carbocycles. The first kappa shape index (κ1) is 14.5. The van der Waals surface area contributed by atoms with Gasteiger partial charge in [0.15, 0.2) is 0 Å². The Kier molecular flexibility index (Phi) is 5.86. The molecule has 1 heterocycles. The van der Waals surface area contributed by atoms with Gasteiger partial charge in [-0.1, -0.05) is 19.3 Å². The zero-order chi connectivity index (χ0) is 13.5. The average molecular weight is 264 g/mol. The van der Waals surface area contributed by atoms with E-state index in [1.54, 1.807) is 0 Å². The molecule has 4 nitrogen and oxygen atoms in total. The summed E-state index contributed by atoms with van der Waals surface area (Å²) in [6, 6.07) is 2.83. The quantitative estimate of drug-likeness (QED) is 0.768. The number of nitrogens with one attached hydrogen (secondary N) is 1. The van der Waals surface area contributed by atoms with E-state index in [-0.39, 0.29) is 0 Å². The van der Waals surface area contributed by atoms with Crippen molar-refractivity contribution >= 4 is 0 Å². The molecule has 1 aliphatic rings. The van der Waals surface area contributed by atoms with Gasteiger partial charge >= 0.3 is 0 Å². The summed E-state index contributed by atoms with van der Waals surface area (Å²) in [6.45, 7) is 3.17. The lowest BCUT2D eigenvalue weighted by Crippen LogP contribution is -2.23. The van der Waals surface area contributed by atoms with Gasteiger partial charge in [0.05, 0.1) is 11.7 Å². The van der Waals surface area contributed by atoms with Crippen molar-refractivity contribution in [2.75, 3.05) is 27.2 Å². The van der Waals surface area contributed by atoms with E-state index >= 15 is 0 Å². The predicted octanol–water partition coefficient (Wildman–Crippen LogP) is 2.43. The zero-order valence-corrected chi connectivity index (χ0v) is 12.4. The van der Waals surface area contributed by atoms with Crippen molar-refractivity contribution in [1.29, 1.82) is 0 Å². The van der Waals surface area contributed by atoms with Crippen LogP contribution < -0.4 is 5.32 Å². The van der Waals surface area contributed by atoms with Crippen LogP contribution in [0.5, 0.6) is 0 Å². The number of nitrogens with zero attached hydrogens (tertiary/aromatic N) is 3. The van der Waals surface area contributed by atoms with E-state index in [1.807, 2.05) is 7.05 Å². The molecular weight excluding hydrogens is 236 g/mol. The molecular formula is C15H28N4. The lowest BCUT2D eigenvalue weighted by molar-refractivity contribution is 0.304. The minimum atomic E-state index is 0.650. The molecule has 2 rings (SSSR count). The molecule has 1 fully saturated rings. The van der Waals surface area contributed by atoms with E-state index in [4.69, 9.17) is 5.10 Å². The van der Waals surface area contributed by atoms with Crippen LogP contribution in [0.25, 0.3) is 0 Å². The molecule has 4 heteroatoms. The molecule has 0 amide bonds. The van der Waals surface area contributed by atoms with Gasteiger partial charge in [-0.15, -0.1) is 0 Å². The third-order valence-electron chi connectivity index (χ3n) is 4.01. The van der Waals surface area contributed by atoms with Gasteiger partial charge in [0.25, 0.3) is 0 Å². The molecule has 0 aliphatic heterocycles. The van der Waals surface area contributed by atoms with Gasteiger partial charge in [-0.05, 0) is 52.5 Å². The molecule has 0 unspecified atom stereocenters. The van der Waals surface area contributed by atoms with Crippen LogP contribution >= 0.6 is 0 Å². The Morgan fingerprint density at radius 2 is 2.16 bits per heavy atom. The van der Waals surface area contributed by atoms with E-state index in [0.717, 1.165) is 19.6 Å². The highest BCUT2D eigenvalue weighted by Gasteiger charge is 2.16. The molecule has 1 aliphatic carbocycles. The molecule has 0 spiro atoms. The van der Waals surface area contributed by atoms with Crippen LogP contribution in [0.3, 0.4) is 0 Å². The van der Waals surface area contributed by atoms with Gasteiger partial charge in [0, 0.05) is 12.7 Å². The van der Waals surface area contributed by atoms with E-state index in [2.05, 4.69) is 34.2 Å². The maximum Gasteiger partial charge on any atom is 0.0764 e. The molecule has 0 saturated heterocycles.